The van der Waals surface area contributed by atoms with Crippen LogP contribution in [0.15, 0.2) is 48.5 Å². The maximum Gasteiger partial charge on any atom is 0.123 e. The molecule has 2 rings (SSSR count). The molecule has 0 bridgehead atoms. The highest BCUT2D eigenvalue weighted by molar-refractivity contribution is 5.35. The van der Waals surface area contributed by atoms with Gasteiger partial charge in [-0.2, -0.15) is 0 Å². The number of rotatable bonds is 4. The Bertz CT molecular complexity index is 555. The third-order valence-corrected chi connectivity index (χ3v) is 4.29. The summed E-state index contributed by atoms with van der Waals surface area (Å²) in [5.74, 6) is 0.987. The fourth-order valence-corrected chi connectivity index (χ4v) is 2.44. The summed E-state index contributed by atoms with van der Waals surface area (Å²) in [5, 5.41) is 0. The van der Waals surface area contributed by atoms with Gasteiger partial charge >= 0.3 is 0 Å². The Kier molecular flexibility index (Phi) is 4.12. The first-order chi connectivity index (χ1) is 9.45. The Labute approximate surface area is 120 Å². The molecule has 0 fully saturated rings. The Morgan fingerprint density at radius 2 is 1.50 bits per heavy atom. The molecular weight excluding hydrogens is 251 g/mol. The summed E-state index contributed by atoms with van der Waals surface area (Å²) in [6.07, 6.45) is 0. The normalized spacial score (nSPS) is 13.1. The minimum atomic E-state index is -0.193. The zero-order chi connectivity index (χ0) is 14.8. The molecule has 1 nitrogen and oxygen atoms in total. The Hall–Kier alpha value is -1.83. The topological polar surface area (TPSA) is 9.23 Å². The molecule has 0 radical (unpaired) electrons. The van der Waals surface area contributed by atoms with E-state index in [1.54, 1.807) is 7.11 Å². The molecule has 0 aliphatic rings. The van der Waals surface area contributed by atoms with Crippen LogP contribution in [0.1, 0.15) is 37.8 Å². The number of ether oxygens (including phenoxy) is 1. The number of methoxy groups -OCH3 is 1. The van der Waals surface area contributed by atoms with Crippen molar-refractivity contribution in [3.8, 4) is 5.75 Å². The molecule has 20 heavy (non-hydrogen) atoms. The van der Waals surface area contributed by atoms with Crippen molar-refractivity contribution in [2.75, 3.05) is 7.11 Å². The highest BCUT2D eigenvalue weighted by atomic mass is 19.1. The summed E-state index contributed by atoms with van der Waals surface area (Å²) in [7, 11) is 1.67. The zero-order valence-corrected chi connectivity index (χ0v) is 12.5. The van der Waals surface area contributed by atoms with Crippen molar-refractivity contribution in [1.29, 1.82) is 0 Å². The lowest BCUT2D eigenvalue weighted by Crippen LogP contribution is -2.25. The quantitative estimate of drug-likeness (QED) is 0.768. The average Bonchev–Trinajstić information content (AvgIpc) is 2.47. The number of benzene rings is 2. The van der Waals surface area contributed by atoms with Crippen LogP contribution in [0, 0.1) is 5.82 Å². The summed E-state index contributed by atoms with van der Waals surface area (Å²) in [5.41, 5.74) is 2.32. The minimum Gasteiger partial charge on any atom is -0.497 e. The van der Waals surface area contributed by atoms with Crippen LogP contribution in [-0.2, 0) is 5.41 Å². The molecule has 0 saturated heterocycles. The van der Waals surface area contributed by atoms with Crippen molar-refractivity contribution in [1.82, 2.24) is 0 Å². The van der Waals surface area contributed by atoms with Crippen LogP contribution in [0.4, 0.5) is 4.39 Å². The number of halogens is 1. The van der Waals surface area contributed by atoms with E-state index in [0.717, 1.165) is 11.3 Å². The lowest BCUT2D eigenvalue weighted by Gasteiger charge is -2.33. The maximum absolute atomic E-state index is 13.1. The van der Waals surface area contributed by atoms with Gasteiger partial charge in [-0.15, -0.1) is 0 Å². The van der Waals surface area contributed by atoms with Gasteiger partial charge in [0.2, 0.25) is 0 Å². The predicted molar refractivity (Wildman–Crippen MR) is 80.8 cm³/mol. The second-order valence-electron chi connectivity index (χ2n) is 5.72. The van der Waals surface area contributed by atoms with Crippen LogP contribution >= 0.6 is 0 Å². The molecule has 2 heteroatoms. The van der Waals surface area contributed by atoms with Gasteiger partial charge in [-0.25, -0.2) is 4.39 Å². The van der Waals surface area contributed by atoms with Crippen molar-refractivity contribution >= 4 is 0 Å². The first kappa shape index (κ1) is 14.6. The Morgan fingerprint density at radius 3 is 2.00 bits per heavy atom. The summed E-state index contributed by atoms with van der Waals surface area (Å²) in [4.78, 5) is 0. The van der Waals surface area contributed by atoms with Crippen LogP contribution in [0.2, 0.25) is 0 Å². The van der Waals surface area contributed by atoms with Crippen molar-refractivity contribution in [3.05, 3.63) is 65.5 Å². The SMILES string of the molecule is COc1ccc(C(C)C(C)(C)c2ccc(F)cc2)cc1. The molecule has 0 heterocycles. The molecule has 2 aromatic carbocycles. The Balaban J connectivity index is 2.29. The number of hydrogen-bond acceptors (Lipinski definition) is 1. The first-order valence-corrected chi connectivity index (χ1v) is 6.85. The second kappa shape index (κ2) is 5.66. The standard InChI is InChI=1S/C18H21FO/c1-13(14-5-11-17(20-4)12-6-14)18(2,3)15-7-9-16(19)10-8-15/h5-13H,1-4H3. The lowest BCUT2D eigenvalue weighted by molar-refractivity contribution is 0.412. The van der Waals surface area contributed by atoms with E-state index in [1.165, 1.54) is 17.7 Å². The highest BCUT2D eigenvalue weighted by Crippen LogP contribution is 2.38. The molecule has 1 atom stereocenters. The van der Waals surface area contributed by atoms with Crippen LogP contribution < -0.4 is 4.74 Å². The Morgan fingerprint density at radius 1 is 0.950 bits per heavy atom. The molecule has 0 spiro atoms. The molecule has 1 unspecified atom stereocenters. The van der Waals surface area contributed by atoms with Crippen LogP contribution in [0.5, 0.6) is 5.75 Å². The molecule has 0 amide bonds. The van der Waals surface area contributed by atoms with Crippen molar-refractivity contribution in [3.63, 3.8) is 0 Å². The number of hydrogen-bond donors (Lipinski definition) is 0. The van der Waals surface area contributed by atoms with Gasteiger partial charge < -0.3 is 4.74 Å². The predicted octanol–water partition coefficient (Wildman–Crippen LogP) is 4.92. The van der Waals surface area contributed by atoms with Gasteiger partial charge in [0, 0.05) is 0 Å². The highest BCUT2D eigenvalue weighted by Gasteiger charge is 2.29. The van der Waals surface area contributed by atoms with E-state index in [2.05, 4.69) is 32.9 Å². The van der Waals surface area contributed by atoms with Crippen LogP contribution in [0.3, 0.4) is 0 Å². The van der Waals surface area contributed by atoms with E-state index in [-0.39, 0.29) is 11.2 Å². The van der Waals surface area contributed by atoms with E-state index < -0.39 is 0 Å². The van der Waals surface area contributed by atoms with Gasteiger partial charge in [0.25, 0.3) is 0 Å². The van der Waals surface area contributed by atoms with Crippen molar-refractivity contribution < 1.29 is 9.13 Å². The third-order valence-electron chi connectivity index (χ3n) is 4.29. The molecule has 0 aliphatic carbocycles. The summed E-state index contributed by atoms with van der Waals surface area (Å²) in [6.45, 7) is 6.58. The second-order valence-corrected chi connectivity index (χ2v) is 5.72. The van der Waals surface area contributed by atoms with Gasteiger partial charge in [-0.05, 0) is 46.7 Å². The van der Waals surface area contributed by atoms with E-state index in [1.807, 2.05) is 24.3 Å². The van der Waals surface area contributed by atoms with Crippen molar-refractivity contribution in [2.24, 2.45) is 0 Å². The van der Waals surface area contributed by atoms with Gasteiger partial charge in [0.1, 0.15) is 11.6 Å². The van der Waals surface area contributed by atoms with Gasteiger partial charge in [0.15, 0.2) is 0 Å². The maximum atomic E-state index is 13.1. The first-order valence-electron chi connectivity index (χ1n) is 6.85. The van der Waals surface area contributed by atoms with E-state index in [4.69, 9.17) is 4.74 Å². The average molecular weight is 272 g/mol. The van der Waals surface area contributed by atoms with E-state index >= 15 is 0 Å². The van der Waals surface area contributed by atoms with Gasteiger partial charge in [-0.1, -0.05) is 45.0 Å². The summed E-state index contributed by atoms with van der Waals surface area (Å²) in [6, 6.07) is 14.9. The zero-order valence-electron chi connectivity index (χ0n) is 12.5. The molecule has 106 valence electrons. The smallest absolute Gasteiger partial charge is 0.123 e. The lowest BCUT2D eigenvalue weighted by atomic mass is 9.71. The minimum absolute atomic E-state index is 0.0672. The fraction of sp³-hybridized carbons (Fsp3) is 0.333. The van der Waals surface area contributed by atoms with Gasteiger partial charge in [-0.3, -0.25) is 0 Å². The van der Waals surface area contributed by atoms with E-state index in [9.17, 15) is 4.39 Å². The van der Waals surface area contributed by atoms with Crippen LogP contribution in [0.25, 0.3) is 0 Å². The van der Waals surface area contributed by atoms with Gasteiger partial charge in [0.05, 0.1) is 7.11 Å². The van der Waals surface area contributed by atoms with E-state index in [0.29, 0.717) is 5.92 Å². The molecular formula is C18H21FO. The fourth-order valence-electron chi connectivity index (χ4n) is 2.44. The molecule has 2 aromatic rings. The summed E-state index contributed by atoms with van der Waals surface area (Å²) >= 11 is 0. The van der Waals surface area contributed by atoms with Crippen molar-refractivity contribution in [2.45, 2.75) is 32.1 Å². The monoisotopic (exact) mass is 272 g/mol. The van der Waals surface area contributed by atoms with Crippen LogP contribution in [-0.4, -0.2) is 7.11 Å². The molecule has 0 saturated carbocycles. The third kappa shape index (κ3) is 2.84. The summed E-state index contributed by atoms with van der Waals surface area (Å²) < 4.78 is 18.3. The molecule has 0 N–H and O–H groups in total. The molecule has 0 aromatic heterocycles. The molecule has 0 aliphatic heterocycles. The largest absolute Gasteiger partial charge is 0.497 e.